The Morgan fingerprint density at radius 2 is 1.95 bits per heavy atom. The summed E-state index contributed by atoms with van der Waals surface area (Å²) in [7, 11) is 0. The maximum atomic E-state index is 12.0. The Balaban J connectivity index is 2.14. The van der Waals surface area contributed by atoms with Gasteiger partial charge in [-0.3, -0.25) is 4.79 Å². The van der Waals surface area contributed by atoms with E-state index in [4.69, 9.17) is 22.6 Å². The Labute approximate surface area is 121 Å². The first kappa shape index (κ1) is 14.1. The molecule has 0 heterocycles. The highest BCUT2D eigenvalue weighted by atomic mass is 35.5. The van der Waals surface area contributed by atoms with E-state index in [2.05, 4.69) is 5.32 Å². The van der Waals surface area contributed by atoms with Crippen molar-refractivity contribution in [1.82, 2.24) is 0 Å². The lowest BCUT2D eigenvalue weighted by atomic mass is 10.1. The molecule has 100 valence electrons. The van der Waals surface area contributed by atoms with Gasteiger partial charge in [0, 0.05) is 5.69 Å². The SMILES string of the molecule is N#Cc1cc(NC(=O)[C@@H](N)c2ccccc2)ccc1Cl. The van der Waals surface area contributed by atoms with Crippen LogP contribution in [0.4, 0.5) is 5.69 Å². The van der Waals surface area contributed by atoms with E-state index in [9.17, 15) is 4.79 Å². The molecule has 2 aromatic carbocycles. The highest BCUT2D eigenvalue weighted by Crippen LogP contribution is 2.20. The van der Waals surface area contributed by atoms with Crippen LogP contribution in [0.1, 0.15) is 17.2 Å². The van der Waals surface area contributed by atoms with E-state index in [1.807, 2.05) is 24.3 Å². The second-order valence-electron chi connectivity index (χ2n) is 4.18. The molecule has 0 bridgehead atoms. The van der Waals surface area contributed by atoms with E-state index in [0.29, 0.717) is 16.3 Å². The molecule has 0 aliphatic rings. The van der Waals surface area contributed by atoms with Crippen molar-refractivity contribution in [1.29, 1.82) is 5.26 Å². The summed E-state index contributed by atoms with van der Waals surface area (Å²) in [5, 5.41) is 11.9. The van der Waals surface area contributed by atoms with Gasteiger partial charge in [0.15, 0.2) is 0 Å². The maximum Gasteiger partial charge on any atom is 0.245 e. The maximum absolute atomic E-state index is 12.0. The minimum Gasteiger partial charge on any atom is -0.324 e. The molecule has 3 N–H and O–H groups in total. The molecule has 2 rings (SSSR count). The van der Waals surface area contributed by atoms with Gasteiger partial charge in [0.2, 0.25) is 5.91 Å². The van der Waals surface area contributed by atoms with Crippen LogP contribution < -0.4 is 11.1 Å². The Bertz CT molecular complexity index is 665. The van der Waals surface area contributed by atoms with E-state index in [0.717, 1.165) is 5.56 Å². The summed E-state index contributed by atoms with van der Waals surface area (Å²) in [6.45, 7) is 0. The van der Waals surface area contributed by atoms with Crippen molar-refractivity contribution in [3.05, 3.63) is 64.7 Å². The quantitative estimate of drug-likeness (QED) is 0.910. The summed E-state index contributed by atoms with van der Waals surface area (Å²) in [5.74, 6) is -0.345. The fourth-order valence-electron chi connectivity index (χ4n) is 1.72. The Hall–Kier alpha value is -2.35. The lowest BCUT2D eigenvalue weighted by Crippen LogP contribution is -2.27. The van der Waals surface area contributed by atoms with Gasteiger partial charge < -0.3 is 11.1 Å². The van der Waals surface area contributed by atoms with Crippen molar-refractivity contribution in [3.8, 4) is 6.07 Å². The van der Waals surface area contributed by atoms with Crippen molar-refractivity contribution in [3.63, 3.8) is 0 Å². The van der Waals surface area contributed by atoms with Gasteiger partial charge in [0.25, 0.3) is 0 Å². The first-order valence-electron chi connectivity index (χ1n) is 5.93. The van der Waals surface area contributed by atoms with Crippen molar-refractivity contribution in [2.75, 3.05) is 5.32 Å². The van der Waals surface area contributed by atoms with Crippen molar-refractivity contribution in [2.24, 2.45) is 5.73 Å². The molecule has 0 saturated carbocycles. The van der Waals surface area contributed by atoms with E-state index in [1.54, 1.807) is 24.3 Å². The lowest BCUT2D eigenvalue weighted by molar-refractivity contribution is -0.117. The molecule has 0 aliphatic heterocycles. The zero-order valence-corrected chi connectivity index (χ0v) is 11.3. The Morgan fingerprint density at radius 1 is 1.25 bits per heavy atom. The molecular formula is C15H12ClN3O. The zero-order valence-electron chi connectivity index (χ0n) is 10.5. The normalized spacial score (nSPS) is 11.4. The lowest BCUT2D eigenvalue weighted by Gasteiger charge is -2.12. The topological polar surface area (TPSA) is 78.9 Å². The van der Waals surface area contributed by atoms with Gasteiger partial charge in [-0.25, -0.2) is 0 Å². The fraction of sp³-hybridized carbons (Fsp3) is 0.0667. The number of hydrogen-bond acceptors (Lipinski definition) is 3. The summed E-state index contributed by atoms with van der Waals surface area (Å²) < 4.78 is 0. The molecule has 4 nitrogen and oxygen atoms in total. The number of nitriles is 1. The summed E-state index contributed by atoms with van der Waals surface area (Å²) in [6, 6.07) is 14.9. The standard InChI is InChI=1S/C15H12ClN3O/c16-13-7-6-12(8-11(13)9-17)19-15(20)14(18)10-4-2-1-3-5-10/h1-8,14H,18H2,(H,19,20)/t14-/m0/s1. The van der Waals surface area contributed by atoms with Gasteiger partial charge >= 0.3 is 0 Å². The predicted molar refractivity (Wildman–Crippen MR) is 78.2 cm³/mol. The predicted octanol–water partition coefficient (Wildman–Crippen LogP) is 2.85. The highest BCUT2D eigenvalue weighted by Gasteiger charge is 2.15. The van der Waals surface area contributed by atoms with E-state index >= 15 is 0 Å². The molecule has 20 heavy (non-hydrogen) atoms. The van der Waals surface area contributed by atoms with Crippen LogP contribution in [0.15, 0.2) is 48.5 Å². The molecule has 0 radical (unpaired) electrons. The average molecular weight is 286 g/mol. The molecular weight excluding hydrogens is 274 g/mol. The second-order valence-corrected chi connectivity index (χ2v) is 4.59. The average Bonchev–Trinajstić information content (AvgIpc) is 2.49. The van der Waals surface area contributed by atoms with Crippen LogP contribution in [0, 0.1) is 11.3 Å². The van der Waals surface area contributed by atoms with Crippen LogP contribution in [-0.2, 0) is 4.79 Å². The molecule has 1 amide bonds. The molecule has 5 heteroatoms. The van der Waals surface area contributed by atoms with Crippen LogP contribution in [0.2, 0.25) is 5.02 Å². The second kappa shape index (κ2) is 6.20. The number of nitrogens with zero attached hydrogens (tertiary/aromatic N) is 1. The van der Waals surface area contributed by atoms with Gasteiger partial charge in [-0.2, -0.15) is 5.26 Å². The number of carbonyl (C=O) groups excluding carboxylic acids is 1. The summed E-state index contributed by atoms with van der Waals surface area (Å²) in [6.07, 6.45) is 0. The third kappa shape index (κ3) is 3.15. The van der Waals surface area contributed by atoms with Crippen molar-refractivity contribution < 1.29 is 4.79 Å². The van der Waals surface area contributed by atoms with Gasteiger partial charge in [-0.15, -0.1) is 0 Å². The van der Waals surface area contributed by atoms with Gasteiger partial charge in [0.05, 0.1) is 10.6 Å². The molecule has 0 fully saturated rings. The van der Waals surface area contributed by atoms with Crippen molar-refractivity contribution >= 4 is 23.2 Å². The van der Waals surface area contributed by atoms with Gasteiger partial charge in [0.1, 0.15) is 12.1 Å². The number of carbonyl (C=O) groups is 1. The molecule has 0 aliphatic carbocycles. The number of halogens is 1. The molecule has 0 saturated heterocycles. The summed E-state index contributed by atoms with van der Waals surface area (Å²) >= 11 is 5.83. The van der Waals surface area contributed by atoms with E-state index in [1.165, 1.54) is 6.07 Å². The van der Waals surface area contributed by atoms with Gasteiger partial charge in [-0.05, 0) is 23.8 Å². The first-order valence-corrected chi connectivity index (χ1v) is 6.30. The minimum absolute atomic E-state index is 0.303. The monoisotopic (exact) mass is 285 g/mol. The third-order valence-corrected chi connectivity index (χ3v) is 3.13. The molecule has 0 unspecified atom stereocenters. The van der Waals surface area contributed by atoms with E-state index in [-0.39, 0.29) is 5.91 Å². The summed E-state index contributed by atoms with van der Waals surface area (Å²) in [4.78, 5) is 12.0. The van der Waals surface area contributed by atoms with Crippen LogP contribution in [0.3, 0.4) is 0 Å². The van der Waals surface area contributed by atoms with Crippen LogP contribution in [-0.4, -0.2) is 5.91 Å². The van der Waals surface area contributed by atoms with Crippen LogP contribution in [0.25, 0.3) is 0 Å². The third-order valence-electron chi connectivity index (χ3n) is 2.80. The number of amides is 1. The number of rotatable bonds is 3. The number of nitrogens with one attached hydrogen (secondary N) is 1. The largest absolute Gasteiger partial charge is 0.324 e. The van der Waals surface area contributed by atoms with Gasteiger partial charge in [-0.1, -0.05) is 41.9 Å². The minimum atomic E-state index is -0.766. The number of benzene rings is 2. The van der Waals surface area contributed by atoms with Crippen LogP contribution >= 0.6 is 11.6 Å². The summed E-state index contributed by atoms with van der Waals surface area (Å²) in [5.41, 5.74) is 7.40. The number of hydrogen-bond donors (Lipinski definition) is 2. The zero-order chi connectivity index (χ0) is 14.5. The van der Waals surface area contributed by atoms with E-state index < -0.39 is 6.04 Å². The van der Waals surface area contributed by atoms with Crippen molar-refractivity contribution in [2.45, 2.75) is 6.04 Å². The molecule has 1 atom stereocenters. The Kier molecular flexibility index (Phi) is 4.36. The Morgan fingerprint density at radius 3 is 2.60 bits per heavy atom. The fourth-order valence-corrected chi connectivity index (χ4v) is 1.88. The molecule has 0 aromatic heterocycles. The van der Waals surface area contributed by atoms with Crippen LogP contribution in [0.5, 0.6) is 0 Å². The number of anilines is 1. The first-order chi connectivity index (χ1) is 9.61. The molecule has 0 spiro atoms. The smallest absolute Gasteiger partial charge is 0.245 e. The molecule has 2 aromatic rings. The highest BCUT2D eigenvalue weighted by molar-refractivity contribution is 6.31. The number of nitrogens with two attached hydrogens (primary N) is 1.